The highest BCUT2D eigenvalue weighted by Crippen LogP contribution is 2.23. The van der Waals surface area contributed by atoms with Crippen LogP contribution in [0.4, 0.5) is 0 Å². The predicted molar refractivity (Wildman–Crippen MR) is 62.5 cm³/mol. The van der Waals surface area contributed by atoms with Crippen LogP contribution in [0.15, 0.2) is 12.4 Å². The number of hydrogen-bond donors (Lipinski definition) is 1. The molecule has 4 heteroatoms. The third kappa shape index (κ3) is 2.02. The van der Waals surface area contributed by atoms with E-state index in [2.05, 4.69) is 10.4 Å². The lowest BCUT2D eigenvalue weighted by molar-refractivity contribution is 0.0834. The van der Waals surface area contributed by atoms with Gasteiger partial charge in [0, 0.05) is 12.7 Å². The summed E-state index contributed by atoms with van der Waals surface area (Å²) >= 11 is 0. The summed E-state index contributed by atoms with van der Waals surface area (Å²) in [6.07, 6.45) is 6.72. The molecule has 0 spiro atoms. The number of carbonyl (C=O) groups excluding carboxylic acids is 1. The first-order valence-corrected chi connectivity index (χ1v) is 5.98. The van der Waals surface area contributed by atoms with Crippen molar-refractivity contribution in [2.45, 2.75) is 45.2 Å². The summed E-state index contributed by atoms with van der Waals surface area (Å²) in [7, 11) is 0. The molecule has 4 nitrogen and oxygen atoms in total. The Labute approximate surface area is 96.0 Å². The maximum absolute atomic E-state index is 12.3. The molecular weight excluding hydrogens is 202 g/mol. The van der Waals surface area contributed by atoms with Crippen molar-refractivity contribution in [2.75, 3.05) is 6.54 Å². The van der Waals surface area contributed by atoms with Gasteiger partial charge < -0.3 is 5.32 Å². The van der Waals surface area contributed by atoms with Gasteiger partial charge in [-0.15, -0.1) is 0 Å². The number of Topliss-reactive ketones (excluding diaryl/α,β-unsaturated/α-hetero) is 1. The number of aromatic nitrogens is 2. The van der Waals surface area contributed by atoms with Gasteiger partial charge in [-0.1, -0.05) is 0 Å². The van der Waals surface area contributed by atoms with E-state index in [0.717, 1.165) is 37.9 Å². The largest absolute Gasteiger partial charge is 0.305 e. The van der Waals surface area contributed by atoms with Gasteiger partial charge >= 0.3 is 0 Å². The molecule has 2 heterocycles. The highest BCUT2D eigenvalue weighted by atomic mass is 16.1. The Morgan fingerprint density at radius 2 is 2.44 bits per heavy atom. The number of aryl methyl sites for hydroxylation is 1. The molecular formula is C12H19N3O. The van der Waals surface area contributed by atoms with E-state index in [1.54, 1.807) is 10.9 Å². The van der Waals surface area contributed by atoms with Crippen LogP contribution in [0, 0.1) is 0 Å². The van der Waals surface area contributed by atoms with Gasteiger partial charge in [0.1, 0.15) is 0 Å². The molecule has 1 atom stereocenters. The Morgan fingerprint density at radius 1 is 1.62 bits per heavy atom. The van der Waals surface area contributed by atoms with Crippen LogP contribution in [-0.4, -0.2) is 27.6 Å². The molecule has 1 N–H and O–H groups in total. The fourth-order valence-electron chi connectivity index (χ4n) is 2.22. The monoisotopic (exact) mass is 221 g/mol. The zero-order valence-electron chi connectivity index (χ0n) is 9.99. The SMILES string of the molecule is CCn1cc(C(=O)C2(C)CCCCN2)cn1. The van der Waals surface area contributed by atoms with Crippen LogP contribution in [0.1, 0.15) is 43.5 Å². The molecule has 16 heavy (non-hydrogen) atoms. The van der Waals surface area contributed by atoms with E-state index in [9.17, 15) is 4.79 Å². The van der Waals surface area contributed by atoms with Gasteiger partial charge in [-0.3, -0.25) is 9.48 Å². The zero-order valence-corrected chi connectivity index (χ0v) is 9.99. The van der Waals surface area contributed by atoms with Crippen molar-refractivity contribution >= 4 is 5.78 Å². The van der Waals surface area contributed by atoms with Crippen LogP contribution in [-0.2, 0) is 6.54 Å². The van der Waals surface area contributed by atoms with Gasteiger partial charge in [0.2, 0.25) is 0 Å². The van der Waals surface area contributed by atoms with Crippen molar-refractivity contribution in [3.63, 3.8) is 0 Å². The molecule has 0 amide bonds. The van der Waals surface area contributed by atoms with Crippen LogP contribution in [0.5, 0.6) is 0 Å². The summed E-state index contributed by atoms with van der Waals surface area (Å²) in [4.78, 5) is 12.3. The van der Waals surface area contributed by atoms with Crippen molar-refractivity contribution in [3.05, 3.63) is 18.0 Å². The van der Waals surface area contributed by atoms with Gasteiger partial charge in [0.15, 0.2) is 5.78 Å². The van der Waals surface area contributed by atoms with E-state index in [1.165, 1.54) is 0 Å². The summed E-state index contributed by atoms with van der Waals surface area (Å²) < 4.78 is 1.79. The Bertz CT molecular complexity index is 377. The molecule has 1 aromatic rings. The highest BCUT2D eigenvalue weighted by Gasteiger charge is 2.35. The van der Waals surface area contributed by atoms with Crippen LogP contribution in [0.3, 0.4) is 0 Å². The summed E-state index contributed by atoms with van der Waals surface area (Å²) in [5.74, 6) is 0.173. The molecule has 1 aliphatic rings. The Morgan fingerprint density at radius 3 is 3.00 bits per heavy atom. The summed E-state index contributed by atoms with van der Waals surface area (Å²) in [6, 6.07) is 0. The second-order valence-electron chi connectivity index (χ2n) is 4.63. The molecule has 2 rings (SSSR count). The van der Waals surface area contributed by atoms with Crippen molar-refractivity contribution in [2.24, 2.45) is 0 Å². The Balaban J connectivity index is 2.17. The standard InChI is InChI=1S/C12H19N3O/c1-3-15-9-10(8-14-15)11(16)12(2)6-4-5-7-13-12/h8-9,13H,3-7H2,1-2H3. The van der Waals surface area contributed by atoms with Gasteiger partial charge in [0.05, 0.1) is 17.3 Å². The molecule has 0 saturated carbocycles. The smallest absolute Gasteiger partial charge is 0.185 e. The molecule has 1 unspecified atom stereocenters. The van der Waals surface area contributed by atoms with Crippen molar-refractivity contribution in [1.82, 2.24) is 15.1 Å². The molecule has 88 valence electrons. The quantitative estimate of drug-likeness (QED) is 0.789. The minimum absolute atomic E-state index is 0.173. The van der Waals surface area contributed by atoms with Gasteiger partial charge in [-0.25, -0.2) is 0 Å². The van der Waals surface area contributed by atoms with Crippen LogP contribution >= 0.6 is 0 Å². The van der Waals surface area contributed by atoms with Crippen molar-refractivity contribution in [3.8, 4) is 0 Å². The highest BCUT2D eigenvalue weighted by molar-refractivity contribution is 6.02. The number of carbonyl (C=O) groups is 1. The van der Waals surface area contributed by atoms with Crippen LogP contribution in [0.25, 0.3) is 0 Å². The summed E-state index contributed by atoms with van der Waals surface area (Å²) in [6.45, 7) is 5.75. The second kappa shape index (κ2) is 4.37. The average Bonchev–Trinajstić information content (AvgIpc) is 2.77. The maximum atomic E-state index is 12.3. The minimum atomic E-state index is -0.389. The number of piperidine rings is 1. The number of ketones is 1. The normalized spacial score (nSPS) is 25.6. The van der Waals surface area contributed by atoms with Gasteiger partial charge in [0.25, 0.3) is 0 Å². The van der Waals surface area contributed by atoms with Crippen molar-refractivity contribution in [1.29, 1.82) is 0 Å². The predicted octanol–water partition coefficient (Wildman–Crippen LogP) is 1.62. The molecule has 1 aliphatic heterocycles. The topological polar surface area (TPSA) is 46.9 Å². The number of rotatable bonds is 3. The van der Waals surface area contributed by atoms with Gasteiger partial charge in [-0.2, -0.15) is 5.10 Å². The van der Waals surface area contributed by atoms with E-state index in [0.29, 0.717) is 0 Å². The lowest BCUT2D eigenvalue weighted by Gasteiger charge is -2.33. The zero-order chi connectivity index (χ0) is 11.6. The molecule has 0 radical (unpaired) electrons. The molecule has 1 aromatic heterocycles. The number of nitrogens with one attached hydrogen (secondary N) is 1. The third-order valence-electron chi connectivity index (χ3n) is 3.34. The molecule has 1 fully saturated rings. The Hall–Kier alpha value is -1.16. The average molecular weight is 221 g/mol. The molecule has 1 saturated heterocycles. The molecule has 0 bridgehead atoms. The number of nitrogens with zero attached hydrogens (tertiary/aromatic N) is 2. The molecule has 0 aliphatic carbocycles. The lowest BCUT2D eigenvalue weighted by atomic mass is 9.85. The number of hydrogen-bond acceptors (Lipinski definition) is 3. The van der Waals surface area contributed by atoms with E-state index < -0.39 is 0 Å². The van der Waals surface area contributed by atoms with Crippen molar-refractivity contribution < 1.29 is 4.79 Å². The minimum Gasteiger partial charge on any atom is -0.305 e. The Kier molecular flexibility index (Phi) is 3.10. The summed E-state index contributed by atoms with van der Waals surface area (Å²) in [5.41, 5.74) is 0.332. The first-order valence-electron chi connectivity index (χ1n) is 5.98. The van der Waals surface area contributed by atoms with E-state index in [4.69, 9.17) is 0 Å². The lowest BCUT2D eigenvalue weighted by Crippen LogP contribution is -2.52. The fraction of sp³-hybridized carbons (Fsp3) is 0.667. The van der Waals surface area contributed by atoms with E-state index in [-0.39, 0.29) is 11.3 Å². The third-order valence-corrected chi connectivity index (χ3v) is 3.34. The van der Waals surface area contributed by atoms with Gasteiger partial charge in [-0.05, 0) is 39.7 Å². The molecule has 0 aromatic carbocycles. The van der Waals surface area contributed by atoms with E-state index in [1.807, 2.05) is 20.0 Å². The van der Waals surface area contributed by atoms with E-state index >= 15 is 0 Å². The maximum Gasteiger partial charge on any atom is 0.185 e. The second-order valence-corrected chi connectivity index (χ2v) is 4.63. The van der Waals surface area contributed by atoms with Crippen LogP contribution < -0.4 is 5.32 Å². The van der Waals surface area contributed by atoms with Crippen LogP contribution in [0.2, 0.25) is 0 Å². The first-order chi connectivity index (χ1) is 7.65. The summed E-state index contributed by atoms with van der Waals surface area (Å²) in [5, 5.41) is 7.48. The fourth-order valence-corrected chi connectivity index (χ4v) is 2.22. The first kappa shape index (κ1) is 11.3.